The predicted octanol–water partition coefficient (Wildman–Crippen LogP) is 2.69. The summed E-state index contributed by atoms with van der Waals surface area (Å²) in [5.41, 5.74) is 1.14. The molecule has 2 rings (SSSR count). The highest BCUT2D eigenvalue weighted by Crippen LogP contribution is 2.22. The summed E-state index contributed by atoms with van der Waals surface area (Å²) in [4.78, 5) is 12.8. The van der Waals surface area contributed by atoms with Crippen LogP contribution in [0.5, 0.6) is 0 Å². The van der Waals surface area contributed by atoms with E-state index in [4.69, 9.17) is 5.11 Å². The monoisotopic (exact) mass is 298 g/mol. The number of amides is 1. The van der Waals surface area contributed by atoms with Gasteiger partial charge in [0.1, 0.15) is 0 Å². The van der Waals surface area contributed by atoms with Crippen LogP contribution in [0.1, 0.15) is 12.8 Å². The van der Waals surface area contributed by atoms with Crippen LogP contribution in [0.4, 0.5) is 10.5 Å². The average Bonchev–Trinajstić information content (AvgIpc) is 2.29. The summed E-state index contributed by atoms with van der Waals surface area (Å²) in [7, 11) is 0. The first-order valence-electron chi connectivity index (χ1n) is 5.65. The van der Waals surface area contributed by atoms with Gasteiger partial charge in [-0.2, -0.15) is 0 Å². The smallest absolute Gasteiger partial charge is 0.404 e. The minimum absolute atomic E-state index is 0.0323. The maximum Gasteiger partial charge on any atom is 0.404 e. The number of rotatable bonds is 2. The molecule has 1 atom stereocenters. The van der Waals surface area contributed by atoms with E-state index < -0.39 is 6.09 Å². The lowest BCUT2D eigenvalue weighted by molar-refractivity contribution is 0.188. The quantitative estimate of drug-likeness (QED) is 0.883. The minimum Gasteiger partial charge on any atom is -0.465 e. The summed E-state index contributed by atoms with van der Waals surface area (Å²) >= 11 is 3.41. The molecule has 92 valence electrons. The molecule has 0 aromatic heterocycles. The molecule has 1 aromatic rings. The van der Waals surface area contributed by atoms with Crippen LogP contribution < -0.4 is 10.2 Å². The molecule has 1 amide bonds. The fourth-order valence-electron chi connectivity index (χ4n) is 2.16. The van der Waals surface area contributed by atoms with Crippen LogP contribution in [0.25, 0.3) is 0 Å². The van der Waals surface area contributed by atoms with Crippen LogP contribution in [0.2, 0.25) is 0 Å². The van der Waals surface area contributed by atoms with E-state index in [1.807, 2.05) is 24.3 Å². The number of hydrogen-bond donors (Lipinski definition) is 2. The molecule has 1 aliphatic heterocycles. The Balaban J connectivity index is 2.01. The maximum atomic E-state index is 10.6. The van der Waals surface area contributed by atoms with E-state index in [1.54, 1.807) is 0 Å². The maximum absolute atomic E-state index is 10.6. The molecule has 2 N–H and O–H groups in total. The Morgan fingerprint density at radius 2 is 2.12 bits per heavy atom. The molecular formula is C12H15BrN2O2. The first-order valence-corrected chi connectivity index (χ1v) is 6.44. The molecule has 0 spiro atoms. The van der Waals surface area contributed by atoms with E-state index in [9.17, 15) is 4.79 Å². The second-order valence-electron chi connectivity index (χ2n) is 4.21. The lowest BCUT2D eigenvalue weighted by atomic mass is 10.1. The third-order valence-corrected chi connectivity index (χ3v) is 3.47. The summed E-state index contributed by atoms with van der Waals surface area (Å²) < 4.78 is 1.05. The standard InChI is InChI=1S/C12H15BrN2O2/c13-9-3-5-11(6-4-9)15-7-1-2-10(8-15)14-12(16)17/h3-6,10,14H,1-2,7-8H2,(H,16,17). The largest absolute Gasteiger partial charge is 0.465 e. The highest BCUT2D eigenvalue weighted by Gasteiger charge is 2.21. The van der Waals surface area contributed by atoms with Gasteiger partial charge in [-0.25, -0.2) is 4.79 Å². The van der Waals surface area contributed by atoms with E-state index in [-0.39, 0.29) is 6.04 Å². The zero-order valence-electron chi connectivity index (χ0n) is 9.40. The molecule has 5 heteroatoms. The molecule has 4 nitrogen and oxygen atoms in total. The zero-order chi connectivity index (χ0) is 12.3. The number of hydrogen-bond acceptors (Lipinski definition) is 2. The van der Waals surface area contributed by atoms with E-state index >= 15 is 0 Å². The summed E-state index contributed by atoms with van der Waals surface area (Å²) in [6.45, 7) is 1.73. The SMILES string of the molecule is O=C(O)NC1CCCN(c2ccc(Br)cc2)C1. The van der Waals surface area contributed by atoms with Gasteiger partial charge in [0.2, 0.25) is 0 Å². The molecule has 0 aliphatic carbocycles. The van der Waals surface area contributed by atoms with Crippen molar-refractivity contribution >= 4 is 27.7 Å². The Morgan fingerprint density at radius 3 is 2.76 bits per heavy atom. The first-order chi connectivity index (χ1) is 8.15. The van der Waals surface area contributed by atoms with E-state index in [0.29, 0.717) is 0 Å². The minimum atomic E-state index is -0.937. The highest BCUT2D eigenvalue weighted by atomic mass is 79.9. The van der Waals surface area contributed by atoms with E-state index in [0.717, 1.165) is 36.1 Å². The second-order valence-corrected chi connectivity index (χ2v) is 5.13. The first kappa shape index (κ1) is 12.2. The van der Waals surface area contributed by atoms with Gasteiger partial charge < -0.3 is 15.3 Å². The van der Waals surface area contributed by atoms with Crippen molar-refractivity contribution in [2.45, 2.75) is 18.9 Å². The number of nitrogens with zero attached hydrogens (tertiary/aromatic N) is 1. The summed E-state index contributed by atoms with van der Waals surface area (Å²) in [6.07, 6.45) is 0.994. The number of piperidine rings is 1. The Labute approximate surface area is 109 Å². The number of anilines is 1. The number of benzene rings is 1. The lowest BCUT2D eigenvalue weighted by Gasteiger charge is -2.34. The Bertz CT molecular complexity index is 394. The van der Waals surface area contributed by atoms with Gasteiger partial charge in [-0.1, -0.05) is 15.9 Å². The van der Waals surface area contributed by atoms with Crippen LogP contribution >= 0.6 is 15.9 Å². The topological polar surface area (TPSA) is 52.6 Å². The van der Waals surface area contributed by atoms with Gasteiger partial charge in [0.15, 0.2) is 0 Å². The van der Waals surface area contributed by atoms with Crippen molar-refractivity contribution in [3.8, 4) is 0 Å². The molecule has 1 fully saturated rings. The molecular weight excluding hydrogens is 284 g/mol. The molecule has 1 aromatic carbocycles. The van der Waals surface area contributed by atoms with Crippen molar-refractivity contribution in [3.05, 3.63) is 28.7 Å². The molecule has 0 radical (unpaired) electrons. The van der Waals surface area contributed by atoms with Crippen LogP contribution in [0, 0.1) is 0 Å². The van der Waals surface area contributed by atoms with E-state index in [2.05, 4.69) is 26.1 Å². The van der Waals surface area contributed by atoms with Crippen LogP contribution in [-0.4, -0.2) is 30.3 Å². The molecule has 17 heavy (non-hydrogen) atoms. The van der Waals surface area contributed by atoms with Gasteiger partial charge in [0.05, 0.1) is 0 Å². The number of nitrogens with one attached hydrogen (secondary N) is 1. The Morgan fingerprint density at radius 1 is 1.41 bits per heavy atom. The summed E-state index contributed by atoms with van der Waals surface area (Å²) in [6, 6.07) is 8.14. The van der Waals surface area contributed by atoms with Crippen molar-refractivity contribution in [2.24, 2.45) is 0 Å². The zero-order valence-corrected chi connectivity index (χ0v) is 11.0. The van der Waals surface area contributed by atoms with Crippen LogP contribution in [0.3, 0.4) is 0 Å². The van der Waals surface area contributed by atoms with Gasteiger partial charge >= 0.3 is 6.09 Å². The van der Waals surface area contributed by atoms with Crippen molar-refractivity contribution in [1.29, 1.82) is 0 Å². The van der Waals surface area contributed by atoms with Gasteiger partial charge in [0, 0.05) is 29.3 Å². The van der Waals surface area contributed by atoms with Gasteiger partial charge in [-0.3, -0.25) is 0 Å². The van der Waals surface area contributed by atoms with Gasteiger partial charge in [0.25, 0.3) is 0 Å². The number of carboxylic acid groups (broad SMARTS) is 1. The molecule has 1 saturated heterocycles. The molecule has 0 saturated carbocycles. The van der Waals surface area contributed by atoms with E-state index in [1.165, 1.54) is 0 Å². The lowest BCUT2D eigenvalue weighted by Crippen LogP contribution is -2.47. The van der Waals surface area contributed by atoms with Crippen molar-refractivity contribution < 1.29 is 9.90 Å². The third kappa shape index (κ3) is 3.36. The normalized spacial score (nSPS) is 20.1. The van der Waals surface area contributed by atoms with Gasteiger partial charge in [-0.15, -0.1) is 0 Å². The van der Waals surface area contributed by atoms with Crippen molar-refractivity contribution in [3.63, 3.8) is 0 Å². The number of carbonyl (C=O) groups is 1. The predicted molar refractivity (Wildman–Crippen MR) is 70.5 cm³/mol. The van der Waals surface area contributed by atoms with Crippen molar-refractivity contribution in [2.75, 3.05) is 18.0 Å². The van der Waals surface area contributed by atoms with Crippen LogP contribution in [-0.2, 0) is 0 Å². The summed E-state index contributed by atoms with van der Waals surface area (Å²) in [5.74, 6) is 0. The van der Waals surface area contributed by atoms with Crippen LogP contribution in [0.15, 0.2) is 28.7 Å². The molecule has 1 heterocycles. The average molecular weight is 299 g/mol. The van der Waals surface area contributed by atoms with Crippen molar-refractivity contribution in [1.82, 2.24) is 5.32 Å². The highest BCUT2D eigenvalue weighted by molar-refractivity contribution is 9.10. The summed E-state index contributed by atoms with van der Waals surface area (Å²) in [5, 5.41) is 11.3. The Kier molecular flexibility index (Phi) is 3.89. The Hall–Kier alpha value is -1.23. The molecule has 1 unspecified atom stereocenters. The van der Waals surface area contributed by atoms with Gasteiger partial charge in [-0.05, 0) is 37.1 Å². The third-order valence-electron chi connectivity index (χ3n) is 2.94. The second kappa shape index (κ2) is 5.40. The molecule has 0 bridgehead atoms. The fraction of sp³-hybridized carbons (Fsp3) is 0.417. The molecule has 1 aliphatic rings. The fourth-order valence-corrected chi connectivity index (χ4v) is 2.42. The number of halogens is 1.